The van der Waals surface area contributed by atoms with E-state index in [0.29, 0.717) is 46.0 Å². The molecule has 0 spiro atoms. The van der Waals surface area contributed by atoms with Crippen LogP contribution in [0.15, 0.2) is 315 Å². The van der Waals surface area contributed by atoms with Crippen molar-refractivity contribution in [1.82, 2.24) is 0 Å². The Balaban J connectivity index is 0.665. The van der Waals surface area contributed by atoms with Gasteiger partial charge in [0.15, 0.2) is 0 Å². The summed E-state index contributed by atoms with van der Waals surface area (Å²) in [6.07, 6.45) is 0.574. The Kier molecular flexibility index (Phi) is 14.8. The predicted molar refractivity (Wildman–Crippen MR) is 368 cm³/mol. The van der Waals surface area contributed by atoms with Crippen molar-refractivity contribution in [3.8, 4) is 11.5 Å². The fourth-order valence-corrected chi connectivity index (χ4v) is 23.1. The molecule has 9 heteroatoms. The summed E-state index contributed by atoms with van der Waals surface area (Å²) in [6.45, 7) is 4.38. The molecule has 0 aliphatic carbocycles. The number of benzene rings is 12. The summed E-state index contributed by atoms with van der Waals surface area (Å²) < 4.78 is 6.40. The van der Waals surface area contributed by atoms with Crippen LogP contribution in [0.1, 0.15) is 77.5 Å². The van der Waals surface area contributed by atoms with E-state index in [-0.39, 0.29) is 28.7 Å². The SMILES string of the molecule is CC(C)(c1ccc(Cc2ccc3c(c2)C(=O)N(c2cccc([PH](c4ccccc4)(c4ccccc4)c4ccccc4)c2)C3=O)cc1)c1ccc(Oc2ccc3c(c2)C(=O)N(c2cccc([PH](c4ccccc4)(c4ccccc4)c4ccccc4)c2)C3=O)cc1. The molecule has 0 saturated carbocycles. The number of carbonyl (C=O) groups is 4. The molecule has 0 unspecified atom stereocenters. The van der Waals surface area contributed by atoms with Gasteiger partial charge >= 0.3 is 492 Å². The molecule has 0 atom stereocenters. The van der Waals surface area contributed by atoms with E-state index in [2.05, 4.69) is 214 Å². The van der Waals surface area contributed by atoms with E-state index < -0.39 is 20.4 Å². The number of imide groups is 2. The Hall–Kier alpha value is -10.4. The summed E-state index contributed by atoms with van der Waals surface area (Å²) in [7, 11) is -5.85. The first kappa shape index (κ1) is 56.4. The number of hydrogen-bond acceptors (Lipinski definition) is 5. The van der Waals surface area contributed by atoms with Gasteiger partial charge in [0.05, 0.1) is 0 Å². The number of hydrogen-bond donors (Lipinski definition) is 0. The van der Waals surface area contributed by atoms with E-state index in [4.69, 9.17) is 4.74 Å². The number of anilines is 2. The fourth-order valence-electron chi connectivity index (χ4n) is 13.6. The molecule has 0 aromatic heterocycles. The topological polar surface area (TPSA) is 84.0 Å². The number of fused-ring (bicyclic) bond motifs is 2. The Morgan fingerprint density at radius 3 is 1.00 bits per heavy atom. The molecular formula is C80H62N2O5P2. The molecule has 2 heterocycles. The van der Waals surface area contributed by atoms with Crippen LogP contribution in [-0.4, -0.2) is 23.6 Å². The number of nitrogens with zero attached hydrogens (tertiary/aromatic N) is 2. The number of rotatable bonds is 16. The summed E-state index contributed by atoms with van der Waals surface area (Å²) in [6, 6.07) is 107. The van der Waals surface area contributed by atoms with Crippen LogP contribution in [-0.2, 0) is 11.8 Å². The first-order valence-corrected chi connectivity index (χ1v) is 34.0. The molecule has 0 radical (unpaired) electrons. The van der Waals surface area contributed by atoms with Crippen LogP contribution < -0.4 is 57.0 Å². The van der Waals surface area contributed by atoms with Gasteiger partial charge in [0.25, 0.3) is 0 Å². The predicted octanol–water partition coefficient (Wildman–Crippen LogP) is 13.7. The average molecular weight is 1190 g/mol. The zero-order valence-corrected chi connectivity index (χ0v) is 51.2. The first-order chi connectivity index (χ1) is 43.5. The van der Waals surface area contributed by atoms with E-state index in [1.165, 1.54) is 41.6 Å². The molecule has 2 aliphatic rings. The van der Waals surface area contributed by atoms with Crippen LogP contribution in [0.3, 0.4) is 0 Å². The van der Waals surface area contributed by atoms with Gasteiger partial charge in [-0.05, 0) is 11.1 Å². The van der Waals surface area contributed by atoms with Crippen molar-refractivity contribution in [2.75, 3.05) is 9.80 Å². The molecule has 2 aliphatic heterocycles. The molecule has 89 heavy (non-hydrogen) atoms. The van der Waals surface area contributed by atoms with Crippen LogP contribution >= 0.6 is 14.5 Å². The van der Waals surface area contributed by atoms with Gasteiger partial charge in [0.2, 0.25) is 0 Å². The van der Waals surface area contributed by atoms with E-state index in [0.717, 1.165) is 32.9 Å². The maximum atomic E-state index is 14.5. The van der Waals surface area contributed by atoms with Crippen molar-refractivity contribution in [2.45, 2.75) is 25.7 Å². The molecule has 7 nitrogen and oxygen atoms in total. The molecule has 4 amide bonds. The second-order valence-electron chi connectivity index (χ2n) is 23.4. The first-order valence-electron chi connectivity index (χ1n) is 30.0. The van der Waals surface area contributed by atoms with Gasteiger partial charge in [-0.25, -0.2) is 0 Å². The quantitative estimate of drug-likeness (QED) is 0.0711. The molecule has 14 rings (SSSR count). The maximum absolute atomic E-state index is 14.5. The Labute approximate surface area is 519 Å². The van der Waals surface area contributed by atoms with Crippen LogP contribution in [0.25, 0.3) is 0 Å². The molecule has 0 bridgehead atoms. The van der Waals surface area contributed by atoms with E-state index in [1.807, 2.05) is 91.0 Å². The van der Waals surface area contributed by atoms with Crippen molar-refractivity contribution in [3.63, 3.8) is 0 Å². The fraction of sp³-hybridized carbons (Fsp3) is 0.0500. The summed E-state index contributed by atoms with van der Waals surface area (Å²) in [5.41, 5.74) is 6.30. The van der Waals surface area contributed by atoms with Gasteiger partial charge < -0.3 is 0 Å². The van der Waals surface area contributed by atoms with E-state index in [1.54, 1.807) is 24.3 Å². The summed E-state index contributed by atoms with van der Waals surface area (Å²) in [5.74, 6) is -0.399. The molecule has 0 saturated heterocycles. The minimum atomic E-state index is -2.93. The zero-order chi connectivity index (χ0) is 60.7. The van der Waals surface area contributed by atoms with Crippen molar-refractivity contribution < 1.29 is 23.9 Å². The third kappa shape index (κ3) is 9.90. The Morgan fingerprint density at radius 1 is 0.292 bits per heavy atom. The van der Waals surface area contributed by atoms with Crippen molar-refractivity contribution in [3.05, 3.63) is 360 Å². The monoisotopic (exact) mass is 1190 g/mol. The number of carbonyl (C=O) groups excluding carboxylic acids is 4. The standard InChI is InChI=1S/C80H62N2O5P2/c1-80(2,58-42-39-56(40-43-58)51-57-41-49-72-74(52-57)78(85)81(76(72)83)60-23-21-37-70(53-60)88(64-25-9-3-10-26-64,65-27-11-4-12-28-65)66-29-13-5-14-30-66)59-44-46-62(47-45-59)87-63-48-50-73-75(55-63)79(86)82(77(73)84)61-24-22-38-71(54-61)89(67-31-15-6-16-32-67,68-33-17-7-18-34-68)69-35-19-8-20-36-69/h3-50,52-55,88-89H,51H2,1-2H3. The number of amides is 4. The van der Waals surface area contributed by atoms with Gasteiger partial charge in [0, 0.05) is 5.41 Å². The van der Waals surface area contributed by atoms with Crippen LogP contribution in [0.5, 0.6) is 11.5 Å². The molecular weight excluding hydrogens is 1130 g/mol. The van der Waals surface area contributed by atoms with Gasteiger partial charge in [0.1, 0.15) is 0 Å². The van der Waals surface area contributed by atoms with Crippen molar-refractivity contribution >= 4 is 92.0 Å². The van der Waals surface area contributed by atoms with Crippen LogP contribution in [0, 0.1) is 0 Å². The average Bonchev–Trinajstić information content (AvgIpc) is 1.53. The molecule has 0 fully saturated rings. The summed E-state index contributed by atoms with van der Waals surface area (Å²) in [5, 5.41) is 9.31. The third-order valence-electron chi connectivity index (χ3n) is 18.0. The summed E-state index contributed by atoms with van der Waals surface area (Å²) >= 11 is 0. The zero-order valence-electron chi connectivity index (χ0n) is 49.2. The van der Waals surface area contributed by atoms with Gasteiger partial charge in [-0.15, -0.1) is 0 Å². The Morgan fingerprint density at radius 2 is 0.607 bits per heavy atom. The van der Waals surface area contributed by atoms with Crippen LogP contribution in [0.2, 0.25) is 0 Å². The number of ether oxygens (including phenoxy) is 1. The molecule has 0 N–H and O–H groups in total. The second-order valence-corrected chi connectivity index (χ2v) is 31.0. The molecule has 12 aromatic rings. The third-order valence-corrected chi connectivity index (χ3v) is 27.6. The Bertz CT molecular complexity index is 4150. The minimum absolute atomic E-state index is 0.288. The van der Waals surface area contributed by atoms with Gasteiger partial charge in [-0.2, -0.15) is 0 Å². The van der Waals surface area contributed by atoms with Gasteiger partial charge in [-0.1, -0.05) is 13.8 Å². The van der Waals surface area contributed by atoms with Gasteiger partial charge in [-0.3, -0.25) is 0 Å². The summed E-state index contributed by atoms with van der Waals surface area (Å²) in [4.78, 5) is 60.2. The molecule has 12 aromatic carbocycles. The normalized spacial score (nSPS) is 13.5. The van der Waals surface area contributed by atoms with Crippen LogP contribution in [0.4, 0.5) is 11.4 Å². The second kappa shape index (κ2) is 23.4. The van der Waals surface area contributed by atoms with E-state index >= 15 is 0 Å². The van der Waals surface area contributed by atoms with Crippen molar-refractivity contribution in [2.24, 2.45) is 0 Å². The molecule has 432 valence electrons. The van der Waals surface area contributed by atoms with Crippen molar-refractivity contribution in [1.29, 1.82) is 0 Å². The van der Waals surface area contributed by atoms with E-state index in [9.17, 15) is 19.2 Å².